The van der Waals surface area contributed by atoms with Crippen LogP contribution in [-0.4, -0.2) is 37.0 Å². The fourth-order valence-corrected chi connectivity index (χ4v) is 3.23. The number of hydrogen-bond donors (Lipinski definition) is 2. The van der Waals surface area contributed by atoms with E-state index in [0.717, 1.165) is 19.3 Å². The van der Waals surface area contributed by atoms with Gasteiger partial charge < -0.3 is 19.9 Å². The topological polar surface area (TPSA) is 50.7 Å². The van der Waals surface area contributed by atoms with Crippen molar-refractivity contribution in [1.29, 1.82) is 0 Å². The van der Waals surface area contributed by atoms with Gasteiger partial charge in [-0.25, -0.2) is 0 Å². The van der Waals surface area contributed by atoms with Gasteiger partial charge in [-0.3, -0.25) is 0 Å². The molecule has 2 aromatic carbocycles. The lowest BCUT2D eigenvalue weighted by atomic mass is 9.88. The average Bonchev–Trinajstić information content (AvgIpc) is 2.69. The molecule has 2 N–H and O–H groups in total. The summed E-state index contributed by atoms with van der Waals surface area (Å²) in [6, 6.07) is 16.3. The van der Waals surface area contributed by atoms with Crippen LogP contribution < -0.4 is 14.8 Å². The van der Waals surface area contributed by atoms with Crippen LogP contribution in [0.1, 0.15) is 17.5 Å². The third-order valence-corrected chi connectivity index (χ3v) is 4.58. The van der Waals surface area contributed by atoms with Crippen LogP contribution in [0.15, 0.2) is 48.5 Å². The van der Waals surface area contributed by atoms with Crippen LogP contribution >= 0.6 is 0 Å². The molecule has 0 fully saturated rings. The number of terminal acetylenes is 1. The van der Waals surface area contributed by atoms with Crippen molar-refractivity contribution in [2.75, 3.05) is 19.8 Å². The Labute approximate surface area is 155 Å². The van der Waals surface area contributed by atoms with Gasteiger partial charge in [0.1, 0.15) is 19.3 Å². The van der Waals surface area contributed by atoms with Crippen molar-refractivity contribution in [2.45, 2.75) is 31.4 Å². The van der Waals surface area contributed by atoms with Crippen LogP contribution in [0.4, 0.5) is 0 Å². The van der Waals surface area contributed by atoms with E-state index in [4.69, 9.17) is 15.9 Å². The number of benzene rings is 2. The van der Waals surface area contributed by atoms with E-state index in [2.05, 4.69) is 35.5 Å². The van der Waals surface area contributed by atoms with Crippen molar-refractivity contribution in [3.8, 4) is 23.8 Å². The predicted molar refractivity (Wildman–Crippen MR) is 103 cm³/mol. The van der Waals surface area contributed by atoms with Gasteiger partial charge in [0.05, 0.1) is 0 Å². The molecular weight excluding hydrogens is 326 g/mol. The van der Waals surface area contributed by atoms with E-state index in [-0.39, 0.29) is 13.2 Å². The van der Waals surface area contributed by atoms with Gasteiger partial charge in [0, 0.05) is 12.6 Å². The molecule has 1 aliphatic carbocycles. The van der Waals surface area contributed by atoms with Gasteiger partial charge in [-0.05, 0) is 42.5 Å². The highest BCUT2D eigenvalue weighted by molar-refractivity contribution is 5.39. The molecule has 2 unspecified atom stereocenters. The summed E-state index contributed by atoms with van der Waals surface area (Å²) in [7, 11) is 0. The number of nitrogens with one attached hydrogen (secondary N) is 1. The Morgan fingerprint density at radius 1 is 1.08 bits per heavy atom. The molecule has 0 saturated carbocycles. The number of aliphatic hydroxyl groups excluding tert-OH is 1. The first-order valence-corrected chi connectivity index (χ1v) is 9.02. The first-order chi connectivity index (χ1) is 12.8. The van der Waals surface area contributed by atoms with Crippen molar-refractivity contribution in [3.63, 3.8) is 0 Å². The normalized spacial score (nSPS) is 17.0. The summed E-state index contributed by atoms with van der Waals surface area (Å²) >= 11 is 0. The summed E-state index contributed by atoms with van der Waals surface area (Å²) in [5.74, 6) is 3.62. The van der Waals surface area contributed by atoms with Crippen molar-refractivity contribution in [1.82, 2.24) is 5.32 Å². The Bertz CT molecular complexity index is 753. The molecule has 0 spiro atoms. The van der Waals surface area contributed by atoms with Crippen LogP contribution in [0.3, 0.4) is 0 Å². The molecule has 0 aliphatic heterocycles. The van der Waals surface area contributed by atoms with E-state index in [1.54, 1.807) is 6.07 Å². The monoisotopic (exact) mass is 351 g/mol. The van der Waals surface area contributed by atoms with E-state index < -0.39 is 6.10 Å². The van der Waals surface area contributed by atoms with Crippen molar-refractivity contribution < 1.29 is 14.6 Å². The number of para-hydroxylation sites is 2. The molecule has 0 bridgehead atoms. The number of hydrogen-bond acceptors (Lipinski definition) is 4. The van der Waals surface area contributed by atoms with Gasteiger partial charge in [0.15, 0.2) is 11.5 Å². The van der Waals surface area contributed by atoms with Gasteiger partial charge >= 0.3 is 0 Å². The van der Waals surface area contributed by atoms with E-state index in [9.17, 15) is 5.11 Å². The highest BCUT2D eigenvalue weighted by Gasteiger charge is 2.19. The molecule has 2 atom stereocenters. The summed E-state index contributed by atoms with van der Waals surface area (Å²) in [6.45, 7) is 0.889. The second-order valence-corrected chi connectivity index (χ2v) is 6.52. The van der Waals surface area contributed by atoms with E-state index in [1.165, 1.54) is 11.1 Å². The summed E-state index contributed by atoms with van der Waals surface area (Å²) in [5, 5.41) is 13.7. The highest BCUT2D eigenvalue weighted by Crippen LogP contribution is 2.26. The van der Waals surface area contributed by atoms with Crippen LogP contribution in [0.2, 0.25) is 0 Å². The maximum Gasteiger partial charge on any atom is 0.162 e. The molecule has 26 heavy (non-hydrogen) atoms. The highest BCUT2D eigenvalue weighted by atomic mass is 16.5. The SMILES string of the molecule is C#CCOc1ccccc1OCC(O)CNC1CCc2ccccc2C1. The minimum Gasteiger partial charge on any atom is -0.487 e. The zero-order chi connectivity index (χ0) is 18.2. The zero-order valence-corrected chi connectivity index (χ0v) is 14.9. The summed E-state index contributed by atoms with van der Waals surface area (Å²) in [5.41, 5.74) is 2.85. The third-order valence-electron chi connectivity index (χ3n) is 4.58. The fourth-order valence-electron chi connectivity index (χ4n) is 3.23. The number of aliphatic hydroxyl groups is 1. The van der Waals surface area contributed by atoms with E-state index in [0.29, 0.717) is 24.1 Å². The van der Waals surface area contributed by atoms with Gasteiger partial charge in [0.25, 0.3) is 0 Å². The molecule has 2 aromatic rings. The molecular formula is C22H25NO3. The summed E-state index contributed by atoms with van der Waals surface area (Å²) < 4.78 is 11.2. The lowest BCUT2D eigenvalue weighted by molar-refractivity contribution is 0.101. The molecule has 0 radical (unpaired) electrons. The summed E-state index contributed by atoms with van der Waals surface area (Å²) in [4.78, 5) is 0. The fraction of sp³-hybridized carbons (Fsp3) is 0.364. The number of aryl methyl sites for hydroxylation is 1. The lowest BCUT2D eigenvalue weighted by Crippen LogP contribution is -2.40. The largest absolute Gasteiger partial charge is 0.487 e. The van der Waals surface area contributed by atoms with Crippen molar-refractivity contribution in [3.05, 3.63) is 59.7 Å². The number of rotatable bonds is 8. The number of fused-ring (bicyclic) bond motifs is 1. The summed E-state index contributed by atoms with van der Waals surface area (Å²) in [6.07, 6.45) is 7.82. The van der Waals surface area contributed by atoms with E-state index >= 15 is 0 Å². The second kappa shape index (κ2) is 9.28. The first-order valence-electron chi connectivity index (χ1n) is 9.02. The van der Waals surface area contributed by atoms with Gasteiger partial charge in [-0.15, -0.1) is 6.42 Å². The zero-order valence-electron chi connectivity index (χ0n) is 14.9. The Morgan fingerprint density at radius 2 is 1.77 bits per heavy atom. The molecule has 3 rings (SSSR count). The standard InChI is InChI=1S/C22H25NO3/c1-2-13-25-21-9-5-6-10-22(21)26-16-20(24)15-23-19-12-11-17-7-3-4-8-18(17)14-19/h1,3-10,19-20,23-24H,11-16H2. The lowest BCUT2D eigenvalue weighted by Gasteiger charge is -2.26. The van der Waals surface area contributed by atoms with Crippen LogP contribution in [-0.2, 0) is 12.8 Å². The van der Waals surface area contributed by atoms with Gasteiger partial charge in [-0.2, -0.15) is 0 Å². The Hall–Kier alpha value is -2.48. The maximum absolute atomic E-state index is 10.2. The molecule has 0 heterocycles. The van der Waals surface area contributed by atoms with Crippen LogP contribution in [0.5, 0.6) is 11.5 Å². The average molecular weight is 351 g/mol. The minimum atomic E-state index is -0.590. The van der Waals surface area contributed by atoms with Crippen molar-refractivity contribution >= 4 is 0 Å². The minimum absolute atomic E-state index is 0.188. The Balaban J connectivity index is 1.44. The predicted octanol–water partition coefficient (Wildman–Crippen LogP) is 2.59. The Morgan fingerprint density at radius 3 is 2.54 bits per heavy atom. The van der Waals surface area contributed by atoms with Gasteiger partial charge in [0.2, 0.25) is 0 Å². The Kier molecular flexibility index (Phi) is 6.54. The molecule has 0 aromatic heterocycles. The first kappa shape index (κ1) is 18.3. The quantitative estimate of drug-likeness (QED) is 0.718. The van der Waals surface area contributed by atoms with Crippen LogP contribution in [0.25, 0.3) is 0 Å². The van der Waals surface area contributed by atoms with Gasteiger partial charge in [-0.1, -0.05) is 42.3 Å². The molecule has 136 valence electrons. The second-order valence-electron chi connectivity index (χ2n) is 6.52. The maximum atomic E-state index is 10.2. The molecule has 4 heteroatoms. The third kappa shape index (κ3) is 5.01. The molecule has 0 saturated heterocycles. The molecule has 1 aliphatic rings. The van der Waals surface area contributed by atoms with Crippen LogP contribution in [0, 0.1) is 12.3 Å². The van der Waals surface area contributed by atoms with Crippen molar-refractivity contribution in [2.24, 2.45) is 0 Å². The molecule has 4 nitrogen and oxygen atoms in total. The molecule has 0 amide bonds. The number of ether oxygens (including phenoxy) is 2. The smallest absolute Gasteiger partial charge is 0.162 e. The van der Waals surface area contributed by atoms with E-state index in [1.807, 2.05) is 18.2 Å².